The Balaban J connectivity index is 0.000000190. The van der Waals surface area contributed by atoms with Crippen molar-refractivity contribution < 1.29 is 35.0 Å². The molecule has 0 saturated carbocycles. The van der Waals surface area contributed by atoms with Crippen LogP contribution in [0.25, 0.3) is 0 Å². The van der Waals surface area contributed by atoms with Gasteiger partial charge >= 0.3 is 17.1 Å². The van der Waals surface area contributed by atoms with E-state index in [-0.39, 0.29) is 24.7 Å². The summed E-state index contributed by atoms with van der Waals surface area (Å²) in [5.41, 5.74) is 14.5. The molecule has 2 saturated heterocycles. The third-order valence-electron chi connectivity index (χ3n) is 6.15. The summed E-state index contributed by atoms with van der Waals surface area (Å²) in [5, 5.41) is 46.9. The van der Waals surface area contributed by atoms with Crippen LogP contribution in [-0.4, -0.2) is 98.3 Å². The maximum Gasteiger partial charge on any atom is 0.351 e. The Hall–Kier alpha value is -2.80. The van der Waals surface area contributed by atoms with E-state index in [4.69, 9.17) is 36.9 Å². The SMILES string of the molecule is Nc1[nH]c(=O)ncc1Br.Nc1nc(=O)n([C@@H]2O[C@H](CO)[C@@H](O)[C@H]2O)cc1Br.Nc1nc(=O)n([C@H]2C[C@H](O)[C@@H](CO)O2)cc1Br. The number of hydrogen-bond acceptors (Lipinski definition) is 16. The summed E-state index contributed by atoms with van der Waals surface area (Å²) in [7, 11) is 0. The molecule has 3 aromatic rings. The van der Waals surface area contributed by atoms with Crippen molar-refractivity contribution in [1.82, 2.24) is 29.1 Å². The molecule has 0 unspecified atom stereocenters. The van der Waals surface area contributed by atoms with Gasteiger partial charge in [0.1, 0.15) is 48.1 Å². The van der Waals surface area contributed by atoms with Crippen LogP contribution in [0.5, 0.6) is 0 Å². The van der Waals surface area contributed by atoms with Gasteiger partial charge < -0.3 is 52.2 Å². The highest BCUT2D eigenvalue weighted by Gasteiger charge is 2.44. The summed E-state index contributed by atoms with van der Waals surface area (Å²) in [6.45, 7) is -0.761. The van der Waals surface area contributed by atoms with E-state index in [1.807, 2.05) is 0 Å². The Morgan fingerprint density at radius 1 is 0.841 bits per heavy atom. The number of aliphatic hydroxyl groups is 5. The highest BCUT2D eigenvalue weighted by molar-refractivity contribution is 9.11. The first-order valence-corrected chi connectivity index (χ1v) is 14.7. The van der Waals surface area contributed by atoms with Crippen LogP contribution in [0.2, 0.25) is 0 Å². The monoisotopic (exact) mass is 815 g/mol. The molecule has 242 valence electrons. The normalized spacial score (nSPS) is 26.0. The molecule has 0 aliphatic carbocycles. The van der Waals surface area contributed by atoms with Gasteiger partial charge in [-0.3, -0.25) is 14.1 Å². The quantitative estimate of drug-likeness (QED) is 0.132. The van der Waals surface area contributed by atoms with E-state index in [9.17, 15) is 29.7 Å². The van der Waals surface area contributed by atoms with E-state index in [1.54, 1.807) is 0 Å². The summed E-state index contributed by atoms with van der Waals surface area (Å²) in [5.74, 6) is 0.418. The molecular formula is C22H28Br3N9O10. The zero-order valence-corrected chi connectivity index (χ0v) is 27.0. The van der Waals surface area contributed by atoms with Gasteiger partial charge in [0.2, 0.25) is 0 Å². The average molecular weight is 818 g/mol. The lowest BCUT2D eigenvalue weighted by molar-refractivity contribution is -0.0550. The molecule has 0 aromatic carbocycles. The number of rotatable bonds is 4. The molecule has 7 atom stereocenters. The van der Waals surface area contributed by atoms with Crippen LogP contribution in [0.15, 0.2) is 46.4 Å². The number of nitrogens with two attached hydrogens (primary N) is 3. The maximum absolute atomic E-state index is 11.6. The Kier molecular flexibility index (Phi) is 12.5. The number of nitrogens with zero attached hydrogens (tertiary/aromatic N) is 5. The fourth-order valence-corrected chi connectivity index (χ4v) is 4.68. The van der Waals surface area contributed by atoms with E-state index in [0.29, 0.717) is 19.2 Å². The van der Waals surface area contributed by atoms with Crippen molar-refractivity contribution in [2.24, 2.45) is 0 Å². The first-order valence-electron chi connectivity index (χ1n) is 12.3. The second-order valence-corrected chi connectivity index (χ2v) is 11.7. The number of ether oxygens (including phenoxy) is 2. The van der Waals surface area contributed by atoms with E-state index < -0.39 is 66.7 Å². The number of aromatic amines is 1. The summed E-state index contributed by atoms with van der Waals surface area (Å²) < 4.78 is 14.2. The summed E-state index contributed by atoms with van der Waals surface area (Å²) in [4.78, 5) is 46.5. The van der Waals surface area contributed by atoms with Gasteiger partial charge in [-0.15, -0.1) is 0 Å². The minimum Gasteiger partial charge on any atom is -0.394 e. The lowest BCUT2D eigenvalue weighted by atomic mass is 10.1. The number of nitrogens with one attached hydrogen (secondary N) is 1. The summed E-state index contributed by atoms with van der Waals surface area (Å²) >= 11 is 9.33. The van der Waals surface area contributed by atoms with Gasteiger partial charge in [0.25, 0.3) is 0 Å². The molecule has 0 spiro atoms. The molecule has 22 heteroatoms. The van der Waals surface area contributed by atoms with Crippen LogP contribution in [0.3, 0.4) is 0 Å². The van der Waals surface area contributed by atoms with Crippen molar-refractivity contribution in [2.45, 2.75) is 49.4 Å². The predicted molar refractivity (Wildman–Crippen MR) is 163 cm³/mol. The number of H-pyrrole nitrogens is 1. The van der Waals surface area contributed by atoms with Gasteiger partial charge in [-0.25, -0.2) is 19.4 Å². The minimum atomic E-state index is -1.34. The maximum atomic E-state index is 11.6. The number of halogens is 3. The average Bonchev–Trinajstić information content (AvgIpc) is 3.49. The second kappa shape index (κ2) is 15.5. The molecule has 0 bridgehead atoms. The van der Waals surface area contributed by atoms with Crippen LogP contribution in [0.4, 0.5) is 17.5 Å². The van der Waals surface area contributed by atoms with Crippen molar-refractivity contribution in [3.8, 4) is 0 Å². The Morgan fingerprint density at radius 3 is 1.86 bits per heavy atom. The molecule has 0 amide bonds. The highest BCUT2D eigenvalue weighted by atomic mass is 79.9. The molecule has 44 heavy (non-hydrogen) atoms. The fraction of sp³-hybridized carbons (Fsp3) is 0.455. The predicted octanol–water partition coefficient (Wildman–Crippen LogP) is -2.46. The van der Waals surface area contributed by atoms with E-state index in [1.165, 1.54) is 23.2 Å². The minimum absolute atomic E-state index is 0.0167. The van der Waals surface area contributed by atoms with Crippen molar-refractivity contribution in [2.75, 3.05) is 30.4 Å². The first kappa shape index (κ1) is 35.7. The number of nitrogen functional groups attached to an aromatic ring is 3. The third kappa shape index (κ3) is 8.47. The first-order chi connectivity index (χ1) is 20.7. The van der Waals surface area contributed by atoms with Crippen LogP contribution in [0, 0.1) is 0 Å². The number of hydrogen-bond donors (Lipinski definition) is 9. The molecule has 2 aliphatic heterocycles. The van der Waals surface area contributed by atoms with Gasteiger partial charge in [0.05, 0.1) is 38.9 Å². The topological polar surface area (TPSA) is 313 Å². The molecule has 5 rings (SSSR count). The van der Waals surface area contributed by atoms with Crippen LogP contribution in [0.1, 0.15) is 18.9 Å². The van der Waals surface area contributed by atoms with Gasteiger partial charge in [0.15, 0.2) is 6.23 Å². The molecule has 2 aliphatic rings. The van der Waals surface area contributed by atoms with Crippen molar-refractivity contribution in [3.05, 3.63) is 63.5 Å². The molecular weight excluding hydrogens is 790 g/mol. The number of anilines is 3. The Labute approximate surface area is 271 Å². The highest BCUT2D eigenvalue weighted by Crippen LogP contribution is 2.30. The zero-order valence-electron chi connectivity index (χ0n) is 22.3. The van der Waals surface area contributed by atoms with Gasteiger partial charge in [-0.1, -0.05) is 0 Å². The zero-order chi connectivity index (χ0) is 32.9. The molecule has 2 fully saturated rings. The Bertz CT molecular complexity index is 1620. The molecule has 3 aromatic heterocycles. The number of aromatic nitrogens is 6. The molecule has 12 N–H and O–H groups in total. The number of aliphatic hydroxyl groups excluding tert-OH is 5. The molecule has 19 nitrogen and oxygen atoms in total. The van der Waals surface area contributed by atoms with Gasteiger partial charge in [0, 0.05) is 18.8 Å². The van der Waals surface area contributed by atoms with E-state index in [0.717, 1.165) is 4.57 Å². The van der Waals surface area contributed by atoms with E-state index >= 15 is 0 Å². The smallest absolute Gasteiger partial charge is 0.351 e. The van der Waals surface area contributed by atoms with Crippen LogP contribution < -0.4 is 34.3 Å². The van der Waals surface area contributed by atoms with E-state index in [2.05, 4.69) is 67.7 Å². The Morgan fingerprint density at radius 2 is 1.39 bits per heavy atom. The fourth-order valence-electron chi connectivity index (χ4n) is 3.86. The standard InChI is InChI=1S/C9H12BrN3O5.C9H12BrN3O4.C4H4BrN3O/c10-3-1-13(9(17)12-7(3)11)8-6(16)5(15)4(2-14)18-8;10-4-2-13(9(16)12-8(4)11)7-1-5(15)6(3-14)17-7;5-2-1-7-4(9)8-3(2)6/h1,4-6,8,14-16H,2H2,(H2,11,12,17);2,5-7,14-15H,1,3H2,(H2,11,12,16);1H,(H3,6,7,8,9)/t4-,5-,6-,8-;5-,6+,7+;/m10./s1. The van der Waals surface area contributed by atoms with Gasteiger partial charge in [-0.05, 0) is 47.8 Å². The summed E-state index contributed by atoms with van der Waals surface area (Å²) in [6, 6.07) is 0. The lowest BCUT2D eigenvalue weighted by Crippen LogP contribution is -2.36. The molecule has 0 radical (unpaired) electrons. The van der Waals surface area contributed by atoms with Crippen LogP contribution in [-0.2, 0) is 9.47 Å². The largest absolute Gasteiger partial charge is 0.394 e. The summed E-state index contributed by atoms with van der Waals surface area (Å²) in [6.07, 6.45) is -2.44. The molecule has 5 heterocycles. The lowest BCUT2D eigenvalue weighted by Gasteiger charge is -2.17. The van der Waals surface area contributed by atoms with Gasteiger partial charge in [-0.2, -0.15) is 9.97 Å². The van der Waals surface area contributed by atoms with Crippen molar-refractivity contribution >= 4 is 65.2 Å². The van der Waals surface area contributed by atoms with Crippen molar-refractivity contribution in [1.29, 1.82) is 0 Å². The second-order valence-electron chi connectivity index (χ2n) is 9.12. The van der Waals surface area contributed by atoms with Crippen LogP contribution >= 0.6 is 47.8 Å². The van der Waals surface area contributed by atoms with Crippen molar-refractivity contribution in [3.63, 3.8) is 0 Å². The third-order valence-corrected chi connectivity index (χ3v) is 8.00.